The Hall–Kier alpha value is -1.84. The van der Waals surface area contributed by atoms with Crippen molar-refractivity contribution in [1.29, 1.82) is 0 Å². The Kier molecular flexibility index (Phi) is 3.60. The number of benzene rings is 1. The summed E-state index contributed by atoms with van der Waals surface area (Å²) in [6, 6.07) is 4.06. The maximum Gasteiger partial charge on any atom is 0.308 e. The molecular formula is C15H19NO3. The monoisotopic (exact) mass is 261 g/mol. The van der Waals surface area contributed by atoms with Gasteiger partial charge in [0.1, 0.15) is 0 Å². The minimum absolute atomic E-state index is 0.0209. The fourth-order valence-electron chi connectivity index (χ4n) is 2.86. The van der Waals surface area contributed by atoms with Crippen molar-refractivity contribution in [2.45, 2.75) is 33.6 Å². The number of rotatable bonds is 2. The number of anilines is 1. The van der Waals surface area contributed by atoms with Crippen LogP contribution in [0, 0.1) is 26.7 Å². The molecule has 102 valence electrons. The fraction of sp³-hybridized carbons (Fsp3) is 0.467. The van der Waals surface area contributed by atoms with Gasteiger partial charge in [0.15, 0.2) is 0 Å². The van der Waals surface area contributed by atoms with Gasteiger partial charge in [-0.25, -0.2) is 0 Å². The van der Waals surface area contributed by atoms with E-state index in [-0.39, 0.29) is 12.5 Å². The van der Waals surface area contributed by atoms with Gasteiger partial charge in [-0.1, -0.05) is 17.7 Å². The molecule has 1 heterocycles. The van der Waals surface area contributed by atoms with Crippen LogP contribution in [0.25, 0.3) is 0 Å². The lowest BCUT2D eigenvalue weighted by Gasteiger charge is -2.33. The molecule has 0 bridgehead atoms. The van der Waals surface area contributed by atoms with E-state index in [1.54, 1.807) is 4.90 Å². The summed E-state index contributed by atoms with van der Waals surface area (Å²) >= 11 is 0. The molecule has 1 fully saturated rings. The van der Waals surface area contributed by atoms with Crippen molar-refractivity contribution in [3.05, 3.63) is 28.8 Å². The van der Waals surface area contributed by atoms with Crippen LogP contribution in [0.1, 0.15) is 29.5 Å². The number of hydrogen-bond donors (Lipinski definition) is 1. The van der Waals surface area contributed by atoms with Crippen molar-refractivity contribution in [3.8, 4) is 0 Å². The molecule has 0 aliphatic carbocycles. The molecule has 0 saturated carbocycles. The van der Waals surface area contributed by atoms with Crippen LogP contribution < -0.4 is 4.90 Å². The van der Waals surface area contributed by atoms with Crippen molar-refractivity contribution >= 4 is 17.6 Å². The molecule has 19 heavy (non-hydrogen) atoms. The first-order valence-corrected chi connectivity index (χ1v) is 6.51. The lowest BCUT2D eigenvalue weighted by atomic mass is 9.95. The first kappa shape index (κ1) is 13.6. The Morgan fingerprint density at radius 1 is 1.26 bits per heavy atom. The highest BCUT2D eigenvalue weighted by Crippen LogP contribution is 2.31. The fourth-order valence-corrected chi connectivity index (χ4v) is 2.86. The highest BCUT2D eigenvalue weighted by atomic mass is 16.4. The Balaban J connectivity index is 2.39. The molecule has 1 aromatic carbocycles. The van der Waals surface area contributed by atoms with Crippen LogP contribution >= 0.6 is 0 Å². The summed E-state index contributed by atoms with van der Waals surface area (Å²) < 4.78 is 0. The van der Waals surface area contributed by atoms with E-state index in [4.69, 9.17) is 5.11 Å². The van der Waals surface area contributed by atoms with Crippen molar-refractivity contribution in [1.82, 2.24) is 0 Å². The summed E-state index contributed by atoms with van der Waals surface area (Å²) in [5.74, 6) is -1.26. The molecule has 0 radical (unpaired) electrons. The van der Waals surface area contributed by atoms with Crippen LogP contribution in [0.15, 0.2) is 12.1 Å². The number of carboxylic acids is 1. The van der Waals surface area contributed by atoms with Crippen molar-refractivity contribution in [3.63, 3.8) is 0 Å². The Labute approximate surface area is 113 Å². The first-order chi connectivity index (χ1) is 8.90. The van der Waals surface area contributed by atoms with E-state index in [9.17, 15) is 9.59 Å². The van der Waals surface area contributed by atoms with E-state index < -0.39 is 11.9 Å². The molecule has 1 aliphatic rings. The number of amides is 1. The molecule has 1 aliphatic heterocycles. The highest BCUT2D eigenvalue weighted by molar-refractivity contribution is 5.97. The predicted molar refractivity (Wildman–Crippen MR) is 73.4 cm³/mol. The lowest BCUT2D eigenvalue weighted by Crippen LogP contribution is -2.43. The smallest absolute Gasteiger partial charge is 0.308 e. The van der Waals surface area contributed by atoms with Gasteiger partial charge in [0, 0.05) is 18.7 Å². The van der Waals surface area contributed by atoms with Gasteiger partial charge in [-0.3, -0.25) is 9.59 Å². The molecule has 1 unspecified atom stereocenters. The molecule has 1 aromatic rings. The molecule has 1 amide bonds. The molecule has 1 saturated heterocycles. The zero-order chi connectivity index (χ0) is 14.2. The van der Waals surface area contributed by atoms with Crippen molar-refractivity contribution < 1.29 is 14.7 Å². The van der Waals surface area contributed by atoms with Gasteiger partial charge in [0.05, 0.1) is 5.92 Å². The summed E-state index contributed by atoms with van der Waals surface area (Å²) in [5.41, 5.74) is 4.08. The number of nitrogens with zero attached hydrogens (tertiary/aromatic N) is 1. The van der Waals surface area contributed by atoms with Crippen LogP contribution in [0.2, 0.25) is 0 Å². The topological polar surface area (TPSA) is 57.6 Å². The van der Waals surface area contributed by atoms with Gasteiger partial charge in [0.2, 0.25) is 5.91 Å². The summed E-state index contributed by atoms with van der Waals surface area (Å²) in [6.45, 7) is 6.22. The second-order valence-corrected chi connectivity index (χ2v) is 5.33. The number of piperidine rings is 1. The SMILES string of the molecule is Cc1cc(C)c(N2CC(C(=O)O)CCC2=O)c(C)c1. The van der Waals surface area contributed by atoms with E-state index in [2.05, 4.69) is 0 Å². The standard InChI is InChI=1S/C15H19NO3/c1-9-6-10(2)14(11(3)7-9)16-8-12(15(18)19)4-5-13(16)17/h6-7,12H,4-5,8H2,1-3H3,(H,18,19). The minimum atomic E-state index is -0.820. The number of aliphatic carboxylic acids is 1. The third-order valence-corrected chi connectivity index (χ3v) is 3.67. The number of aryl methyl sites for hydroxylation is 3. The van der Waals surface area contributed by atoms with E-state index in [1.165, 1.54) is 0 Å². The molecular weight excluding hydrogens is 242 g/mol. The quantitative estimate of drug-likeness (QED) is 0.889. The van der Waals surface area contributed by atoms with Gasteiger partial charge < -0.3 is 10.0 Å². The van der Waals surface area contributed by atoms with Crippen molar-refractivity contribution in [2.75, 3.05) is 11.4 Å². The number of hydrogen-bond acceptors (Lipinski definition) is 2. The average Bonchev–Trinajstić information content (AvgIpc) is 2.29. The number of carbonyl (C=O) groups is 2. The molecule has 4 nitrogen and oxygen atoms in total. The molecule has 2 rings (SSSR count). The average molecular weight is 261 g/mol. The maximum absolute atomic E-state index is 12.1. The van der Waals surface area contributed by atoms with Gasteiger partial charge in [0.25, 0.3) is 0 Å². The Morgan fingerprint density at radius 2 is 1.84 bits per heavy atom. The molecule has 1 N–H and O–H groups in total. The molecule has 0 aromatic heterocycles. The summed E-state index contributed by atoms with van der Waals surface area (Å²) in [5, 5.41) is 9.13. The Morgan fingerprint density at radius 3 is 2.37 bits per heavy atom. The maximum atomic E-state index is 12.1. The van der Waals surface area contributed by atoms with Gasteiger partial charge >= 0.3 is 5.97 Å². The zero-order valence-electron chi connectivity index (χ0n) is 11.6. The third-order valence-electron chi connectivity index (χ3n) is 3.67. The summed E-state index contributed by atoms with van der Waals surface area (Å²) in [4.78, 5) is 24.9. The minimum Gasteiger partial charge on any atom is -0.481 e. The van der Waals surface area contributed by atoms with E-state index in [0.717, 1.165) is 22.4 Å². The predicted octanol–water partition coefficient (Wildman–Crippen LogP) is 2.44. The summed E-state index contributed by atoms with van der Waals surface area (Å²) in [6.07, 6.45) is 0.748. The number of carboxylic acid groups (broad SMARTS) is 1. The van der Waals surface area contributed by atoms with Crippen LogP contribution in [0.3, 0.4) is 0 Å². The summed E-state index contributed by atoms with van der Waals surface area (Å²) in [7, 11) is 0. The third kappa shape index (κ3) is 2.62. The molecule has 4 heteroatoms. The Bertz CT molecular complexity index is 513. The van der Waals surface area contributed by atoms with E-state index in [0.29, 0.717) is 12.8 Å². The second kappa shape index (κ2) is 5.03. The van der Waals surface area contributed by atoms with Crippen LogP contribution in [-0.2, 0) is 9.59 Å². The lowest BCUT2D eigenvalue weighted by molar-refractivity contribution is -0.142. The normalized spacial score (nSPS) is 19.6. The van der Waals surface area contributed by atoms with Crippen molar-refractivity contribution in [2.24, 2.45) is 5.92 Å². The highest BCUT2D eigenvalue weighted by Gasteiger charge is 2.32. The van der Waals surface area contributed by atoms with Crippen LogP contribution in [0.5, 0.6) is 0 Å². The molecule has 0 spiro atoms. The molecule has 1 atom stereocenters. The first-order valence-electron chi connectivity index (χ1n) is 6.51. The largest absolute Gasteiger partial charge is 0.481 e. The zero-order valence-corrected chi connectivity index (χ0v) is 11.6. The van der Waals surface area contributed by atoms with Gasteiger partial charge in [-0.05, 0) is 38.3 Å². The van der Waals surface area contributed by atoms with E-state index >= 15 is 0 Å². The van der Waals surface area contributed by atoms with Gasteiger partial charge in [-0.2, -0.15) is 0 Å². The number of carbonyl (C=O) groups excluding carboxylic acids is 1. The van der Waals surface area contributed by atoms with Crippen LogP contribution in [0.4, 0.5) is 5.69 Å². The second-order valence-electron chi connectivity index (χ2n) is 5.33. The van der Waals surface area contributed by atoms with E-state index in [1.807, 2.05) is 32.9 Å². The van der Waals surface area contributed by atoms with Gasteiger partial charge in [-0.15, -0.1) is 0 Å². The van der Waals surface area contributed by atoms with Crippen LogP contribution in [-0.4, -0.2) is 23.5 Å².